The molecule has 20 heavy (non-hydrogen) atoms. The molecule has 0 aliphatic heterocycles. The molecule has 1 rings (SSSR count). The van der Waals surface area contributed by atoms with Crippen molar-refractivity contribution in [2.24, 2.45) is 11.7 Å². The molecule has 0 saturated heterocycles. The van der Waals surface area contributed by atoms with Crippen LogP contribution in [-0.4, -0.2) is 25.7 Å². The lowest BCUT2D eigenvalue weighted by Gasteiger charge is -2.12. The van der Waals surface area contributed by atoms with Gasteiger partial charge in [-0.15, -0.1) is 0 Å². The van der Waals surface area contributed by atoms with E-state index in [4.69, 9.17) is 10.5 Å². The lowest BCUT2D eigenvalue weighted by molar-refractivity contribution is -0.121. The van der Waals surface area contributed by atoms with E-state index in [-0.39, 0.29) is 11.9 Å². The average Bonchev–Trinajstić information content (AvgIpc) is 2.45. The van der Waals surface area contributed by atoms with Crippen molar-refractivity contribution in [3.8, 4) is 0 Å². The van der Waals surface area contributed by atoms with Crippen molar-refractivity contribution in [3.05, 3.63) is 35.9 Å². The first kappa shape index (κ1) is 16.7. The molecule has 0 saturated carbocycles. The van der Waals surface area contributed by atoms with Crippen molar-refractivity contribution in [1.82, 2.24) is 5.32 Å². The quantitative estimate of drug-likeness (QED) is 0.681. The normalized spacial score (nSPS) is 12.4. The molecule has 0 heterocycles. The lowest BCUT2D eigenvalue weighted by atomic mass is 10.0. The van der Waals surface area contributed by atoms with Crippen LogP contribution in [0.15, 0.2) is 30.3 Å². The average molecular weight is 278 g/mol. The minimum Gasteiger partial charge on any atom is -0.379 e. The van der Waals surface area contributed by atoms with Gasteiger partial charge in [0.25, 0.3) is 0 Å². The van der Waals surface area contributed by atoms with Gasteiger partial charge in [0.2, 0.25) is 5.91 Å². The van der Waals surface area contributed by atoms with Gasteiger partial charge in [0.1, 0.15) is 0 Å². The molecule has 3 N–H and O–H groups in total. The minimum atomic E-state index is -0.0841. The largest absolute Gasteiger partial charge is 0.379 e. The van der Waals surface area contributed by atoms with Crippen molar-refractivity contribution >= 4 is 5.91 Å². The van der Waals surface area contributed by atoms with E-state index in [1.165, 1.54) is 0 Å². The Morgan fingerprint density at radius 1 is 1.30 bits per heavy atom. The van der Waals surface area contributed by atoms with E-state index >= 15 is 0 Å². The van der Waals surface area contributed by atoms with Gasteiger partial charge in [0.15, 0.2) is 0 Å². The Kier molecular flexibility index (Phi) is 7.92. The maximum atomic E-state index is 11.7. The minimum absolute atomic E-state index is 0.0320. The van der Waals surface area contributed by atoms with Gasteiger partial charge in [-0.3, -0.25) is 4.79 Å². The smallest absolute Gasteiger partial charge is 0.220 e. The molecule has 4 heteroatoms. The molecule has 4 nitrogen and oxygen atoms in total. The number of hydrogen-bond acceptors (Lipinski definition) is 3. The van der Waals surface area contributed by atoms with Crippen molar-refractivity contribution in [2.75, 3.05) is 19.8 Å². The van der Waals surface area contributed by atoms with E-state index < -0.39 is 0 Å². The summed E-state index contributed by atoms with van der Waals surface area (Å²) in [6.07, 6.45) is 1.10. The predicted molar refractivity (Wildman–Crippen MR) is 81.3 cm³/mol. The Labute approximate surface area is 121 Å². The summed E-state index contributed by atoms with van der Waals surface area (Å²) in [5.74, 6) is 0.555. The van der Waals surface area contributed by atoms with Crippen LogP contribution in [0.25, 0.3) is 0 Å². The highest BCUT2D eigenvalue weighted by atomic mass is 16.5. The van der Waals surface area contributed by atoms with Crippen molar-refractivity contribution < 1.29 is 9.53 Å². The number of nitrogens with one attached hydrogen (secondary N) is 1. The summed E-state index contributed by atoms with van der Waals surface area (Å²) in [5, 5.41) is 2.84. The first-order chi connectivity index (χ1) is 9.59. The second-order valence-electron chi connectivity index (χ2n) is 5.37. The number of rotatable bonds is 9. The van der Waals surface area contributed by atoms with Gasteiger partial charge in [-0.05, 0) is 17.9 Å². The van der Waals surface area contributed by atoms with Crippen LogP contribution >= 0.6 is 0 Å². The monoisotopic (exact) mass is 278 g/mol. The first-order valence-corrected chi connectivity index (χ1v) is 7.24. The van der Waals surface area contributed by atoms with Gasteiger partial charge in [0, 0.05) is 25.6 Å². The summed E-state index contributed by atoms with van der Waals surface area (Å²) in [4.78, 5) is 11.7. The third-order valence-electron chi connectivity index (χ3n) is 2.93. The maximum absolute atomic E-state index is 11.7. The number of ether oxygens (including phenoxy) is 1. The molecule has 0 aliphatic rings. The highest BCUT2D eigenvalue weighted by molar-refractivity contribution is 5.75. The Morgan fingerprint density at radius 3 is 2.65 bits per heavy atom. The predicted octanol–water partition coefficient (Wildman–Crippen LogP) is 2.26. The molecule has 0 bridgehead atoms. The van der Waals surface area contributed by atoms with Crippen molar-refractivity contribution in [1.29, 1.82) is 0 Å². The second-order valence-corrected chi connectivity index (χ2v) is 5.37. The van der Waals surface area contributed by atoms with Gasteiger partial charge in [0.05, 0.1) is 6.61 Å². The summed E-state index contributed by atoms with van der Waals surface area (Å²) in [5.41, 5.74) is 7.12. The summed E-state index contributed by atoms with van der Waals surface area (Å²) in [7, 11) is 0. The molecule has 0 radical (unpaired) electrons. The number of benzene rings is 1. The first-order valence-electron chi connectivity index (χ1n) is 7.24. The van der Waals surface area contributed by atoms with Crippen molar-refractivity contribution in [2.45, 2.75) is 32.7 Å². The number of carbonyl (C=O) groups is 1. The SMILES string of the molecule is CC(C)COCCNC(=O)CCC(N)c1ccccc1. The molecule has 1 atom stereocenters. The summed E-state index contributed by atoms with van der Waals surface area (Å²) in [6, 6.07) is 9.77. The van der Waals surface area contributed by atoms with E-state index in [2.05, 4.69) is 19.2 Å². The van der Waals surface area contributed by atoms with Crippen LogP contribution in [0, 0.1) is 5.92 Å². The molecule has 1 aromatic rings. The van der Waals surface area contributed by atoms with E-state index in [1.54, 1.807) is 0 Å². The third kappa shape index (κ3) is 7.26. The van der Waals surface area contributed by atoms with E-state index in [0.717, 1.165) is 12.2 Å². The molecule has 0 fully saturated rings. The van der Waals surface area contributed by atoms with Crippen LogP contribution in [-0.2, 0) is 9.53 Å². The molecule has 0 aromatic heterocycles. The highest BCUT2D eigenvalue weighted by Gasteiger charge is 2.08. The van der Waals surface area contributed by atoms with Gasteiger partial charge in [-0.1, -0.05) is 44.2 Å². The van der Waals surface area contributed by atoms with Gasteiger partial charge in [-0.25, -0.2) is 0 Å². The Morgan fingerprint density at radius 2 is 2.00 bits per heavy atom. The molecule has 1 aromatic carbocycles. The molecule has 0 spiro atoms. The molecular weight excluding hydrogens is 252 g/mol. The Balaban J connectivity index is 2.11. The van der Waals surface area contributed by atoms with E-state index in [1.807, 2.05) is 30.3 Å². The van der Waals surface area contributed by atoms with Crippen molar-refractivity contribution in [3.63, 3.8) is 0 Å². The Bertz CT molecular complexity index is 379. The zero-order chi connectivity index (χ0) is 14.8. The molecule has 112 valence electrons. The molecule has 0 aliphatic carbocycles. The maximum Gasteiger partial charge on any atom is 0.220 e. The third-order valence-corrected chi connectivity index (χ3v) is 2.93. The molecule has 1 amide bonds. The van der Waals surface area contributed by atoms with Crippen LogP contribution in [0.4, 0.5) is 0 Å². The van der Waals surface area contributed by atoms with Crippen LogP contribution in [0.5, 0.6) is 0 Å². The number of nitrogens with two attached hydrogens (primary N) is 1. The summed E-state index contributed by atoms with van der Waals surface area (Å²) < 4.78 is 5.40. The van der Waals surface area contributed by atoms with Gasteiger partial charge >= 0.3 is 0 Å². The second kappa shape index (κ2) is 9.50. The fourth-order valence-electron chi connectivity index (χ4n) is 1.82. The fraction of sp³-hybridized carbons (Fsp3) is 0.562. The van der Waals surface area contributed by atoms with Gasteiger partial charge < -0.3 is 15.8 Å². The number of carbonyl (C=O) groups excluding carboxylic acids is 1. The molecular formula is C16H26N2O2. The van der Waals surface area contributed by atoms with Crippen LogP contribution in [0.3, 0.4) is 0 Å². The Hall–Kier alpha value is -1.39. The van der Waals surface area contributed by atoms with E-state index in [9.17, 15) is 4.79 Å². The standard InChI is InChI=1S/C16H26N2O2/c1-13(2)12-20-11-10-18-16(19)9-8-15(17)14-6-4-3-5-7-14/h3-7,13,15H,8-12,17H2,1-2H3,(H,18,19). The number of hydrogen-bond donors (Lipinski definition) is 2. The topological polar surface area (TPSA) is 64.3 Å². The van der Waals surface area contributed by atoms with Crippen LogP contribution < -0.4 is 11.1 Å². The van der Waals surface area contributed by atoms with Crippen LogP contribution in [0.2, 0.25) is 0 Å². The highest BCUT2D eigenvalue weighted by Crippen LogP contribution is 2.14. The zero-order valence-corrected chi connectivity index (χ0v) is 12.5. The zero-order valence-electron chi connectivity index (χ0n) is 12.5. The van der Waals surface area contributed by atoms with Gasteiger partial charge in [-0.2, -0.15) is 0 Å². The summed E-state index contributed by atoms with van der Waals surface area (Å²) in [6.45, 7) is 6.06. The lowest BCUT2D eigenvalue weighted by Crippen LogP contribution is -2.28. The summed E-state index contributed by atoms with van der Waals surface area (Å²) >= 11 is 0. The fourth-order valence-corrected chi connectivity index (χ4v) is 1.82. The van der Waals surface area contributed by atoms with Crippen LogP contribution in [0.1, 0.15) is 38.3 Å². The number of amides is 1. The van der Waals surface area contributed by atoms with E-state index in [0.29, 0.717) is 31.9 Å². The molecule has 1 unspecified atom stereocenters.